The number of hydrogen-bond acceptors (Lipinski definition) is 7. The molecule has 10 nitrogen and oxygen atoms in total. The number of hydrogen-bond donors (Lipinski definition) is 5. The Bertz CT molecular complexity index is 574. The second-order valence-corrected chi connectivity index (χ2v) is 8.28. The minimum Gasteiger partial charge on any atom is -0.447 e. The highest BCUT2D eigenvalue weighted by Crippen LogP contribution is 2.28. The van der Waals surface area contributed by atoms with E-state index < -0.39 is 46.8 Å². The third kappa shape index (κ3) is 5.05. The van der Waals surface area contributed by atoms with Crippen molar-refractivity contribution in [3.63, 3.8) is 0 Å². The van der Waals surface area contributed by atoms with E-state index in [2.05, 4.69) is 16.4 Å². The van der Waals surface area contributed by atoms with Crippen LogP contribution in [0.25, 0.3) is 0 Å². The molecule has 2 rings (SSSR count). The summed E-state index contributed by atoms with van der Waals surface area (Å²) in [7, 11) is -4.02. The molecule has 0 aromatic carbocycles. The van der Waals surface area contributed by atoms with Gasteiger partial charge in [0.2, 0.25) is 0 Å². The maximum Gasteiger partial charge on any atom is 0.411 e. The summed E-state index contributed by atoms with van der Waals surface area (Å²) in [6.07, 6.45) is -0.950. The molecule has 0 aliphatic carbocycles. The number of rotatable bonds is 10. The number of carbonyl (C=O) groups is 1. The summed E-state index contributed by atoms with van der Waals surface area (Å²) in [5.74, 6) is 0. The number of fused-ring (bicyclic) bond motifs is 1. The maximum atomic E-state index is 12.2. The lowest BCUT2D eigenvalue weighted by molar-refractivity contribution is -0.144. The molecule has 0 saturated carbocycles. The molecule has 0 aromatic heterocycles. The van der Waals surface area contributed by atoms with Crippen LogP contribution >= 0.6 is 0 Å². The van der Waals surface area contributed by atoms with Crippen LogP contribution in [0.5, 0.6) is 0 Å². The summed E-state index contributed by atoms with van der Waals surface area (Å²) in [4.78, 5) is 12.8. The third-order valence-electron chi connectivity index (χ3n) is 4.76. The molecule has 0 radical (unpaired) electrons. The minimum atomic E-state index is -4.02. The molecule has 5 N–H and O–H groups in total. The van der Waals surface area contributed by atoms with E-state index >= 15 is 0 Å². The highest BCUT2D eigenvalue weighted by molar-refractivity contribution is 7.87. The quantitative estimate of drug-likeness (QED) is 0.298. The van der Waals surface area contributed by atoms with Gasteiger partial charge in [-0.15, -0.1) is 0 Å². The van der Waals surface area contributed by atoms with Gasteiger partial charge in [0, 0.05) is 6.54 Å². The monoisotopic (exact) mass is 395 g/mol. The zero-order valence-electron chi connectivity index (χ0n) is 14.9. The fraction of sp³-hybridized carbons (Fsp3) is 0.933. The van der Waals surface area contributed by atoms with Crippen LogP contribution in [0, 0.1) is 0 Å². The topological polar surface area (TPSA) is 148 Å². The molecular weight excluding hydrogens is 366 g/mol. The number of aliphatic hydroxyl groups is 3. The van der Waals surface area contributed by atoms with Gasteiger partial charge in [0.25, 0.3) is 10.2 Å². The first-order valence-electron chi connectivity index (χ1n) is 9.04. The van der Waals surface area contributed by atoms with Gasteiger partial charge in [-0.3, -0.25) is 4.90 Å². The van der Waals surface area contributed by atoms with E-state index in [0.29, 0.717) is 6.42 Å². The Labute approximate surface area is 153 Å². The highest BCUT2D eigenvalue weighted by atomic mass is 32.2. The summed E-state index contributed by atoms with van der Waals surface area (Å²) in [6, 6.07) is -0.924. The van der Waals surface area contributed by atoms with Crippen molar-refractivity contribution in [2.75, 3.05) is 13.2 Å². The Hall–Kier alpha value is -0.980. The number of piperidine rings is 1. The van der Waals surface area contributed by atoms with E-state index in [0.717, 1.165) is 37.0 Å². The van der Waals surface area contributed by atoms with Crippen LogP contribution in [0.4, 0.5) is 4.79 Å². The molecule has 2 unspecified atom stereocenters. The molecule has 2 saturated heterocycles. The molecule has 1 amide bonds. The average molecular weight is 395 g/mol. The fourth-order valence-corrected chi connectivity index (χ4v) is 4.32. The average Bonchev–Trinajstić information content (AvgIpc) is 2.97. The van der Waals surface area contributed by atoms with Crippen molar-refractivity contribution in [1.82, 2.24) is 14.3 Å². The third-order valence-corrected chi connectivity index (χ3v) is 5.90. The number of unbranched alkanes of at least 4 members (excludes halogenated alkanes) is 5. The molecule has 0 aromatic rings. The number of carbonyl (C=O) groups excluding carboxylic acids is 1. The molecule has 152 valence electrons. The predicted octanol–water partition coefficient (Wildman–Crippen LogP) is -0.986. The number of nitrogens with one attached hydrogen (secondary N) is 2. The van der Waals surface area contributed by atoms with Crippen LogP contribution in [0.15, 0.2) is 0 Å². The molecule has 0 bridgehead atoms. The molecule has 2 fully saturated rings. The Kier molecular flexibility index (Phi) is 7.62. The minimum absolute atomic E-state index is 0.187. The van der Waals surface area contributed by atoms with Crippen molar-refractivity contribution in [2.45, 2.75) is 76.0 Å². The van der Waals surface area contributed by atoms with E-state index in [1.54, 1.807) is 0 Å². The maximum absolute atomic E-state index is 12.2. The van der Waals surface area contributed by atoms with Crippen LogP contribution in [0.3, 0.4) is 0 Å². The Morgan fingerprint density at radius 2 is 1.73 bits per heavy atom. The van der Waals surface area contributed by atoms with Gasteiger partial charge >= 0.3 is 6.09 Å². The van der Waals surface area contributed by atoms with E-state index in [-0.39, 0.29) is 13.2 Å². The van der Waals surface area contributed by atoms with Crippen molar-refractivity contribution < 1.29 is 33.3 Å². The zero-order valence-corrected chi connectivity index (χ0v) is 15.7. The van der Waals surface area contributed by atoms with Crippen LogP contribution in [-0.2, 0) is 14.9 Å². The summed E-state index contributed by atoms with van der Waals surface area (Å²) in [5, 5.41) is 30.0. The summed E-state index contributed by atoms with van der Waals surface area (Å²) in [6.45, 7) is 2.16. The van der Waals surface area contributed by atoms with Gasteiger partial charge < -0.3 is 20.1 Å². The fourth-order valence-electron chi connectivity index (χ4n) is 3.25. The molecule has 2 aliphatic rings. The highest BCUT2D eigenvalue weighted by Gasteiger charge is 2.54. The van der Waals surface area contributed by atoms with Gasteiger partial charge in [0.05, 0.1) is 6.04 Å². The molecule has 0 spiro atoms. The van der Waals surface area contributed by atoms with Crippen molar-refractivity contribution in [2.24, 2.45) is 0 Å². The van der Waals surface area contributed by atoms with E-state index in [4.69, 9.17) is 4.74 Å². The van der Waals surface area contributed by atoms with Gasteiger partial charge in [-0.1, -0.05) is 39.0 Å². The van der Waals surface area contributed by atoms with Gasteiger partial charge in [-0.05, 0) is 6.42 Å². The SMILES string of the molecule is CCCCCCCCNS(=O)(=O)N[C@@H]1[C@@H](O)C(O)[C@H](O)C2COC(=O)N21. The first-order valence-corrected chi connectivity index (χ1v) is 10.5. The Balaban J connectivity index is 1.89. The molecule has 5 atom stereocenters. The lowest BCUT2D eigenvalue weighted by atomic mass is 9.93. The number of aliphatic hydroxyl groups excluding tert-OH is 3. The van der Waals surface area contributed by atoms with Crippen LogP contribution in [0.2, 0.25) is 0 Å². The van der Waals surface area contributed by atoms with Crippen molar-refractivity contribution >= 4 is 16.3 Å². The standard InChI is InChI=1S/C15H29N3O7S/c1-2-3-4-5-6-7-8-16-26(23,24)17-14-13(21)12(20)11(19)10-9-25-15(22)18(10)14/h10-14,16-17,19-21H,2-9H2,1H3/t10?,11-,12?,13+,14+/m1/s1. The van der Waals surface area contributed by atoms with Gasteiger partial charge in [-0.25, -0.2) is 9.52 Å². The van der Waals surface area contributed by atoms with Gasteiger partial charge in [0.1, 0.15) is 31.1 Å². The second-order valence-electron chi connectivity index (χ2n) is 6.75. The van der Waals surface area contributed by atoms with Crippen LogP contribution in [0.1, 0.15) is 45.4 Å². The summed E-state index contributed by atoms with van der Waals surface area (Å²) < 4.78 is 33.8. The van der Waals surface area contributed by atoms with Crippen LogP contribution in [-0.4, -0.2) is 78.4 Å². The molecule has 2 aliphatic heterocycles. The smallest absolute Gasteiger partial charge is 0.411 e. The Morgan fingerprint density at radius 1 is 1.08 bits per heavy atom. The van der Waals surface area contributed by atoms with Crippen LogP contribution < -0.4 is 9.44 Å². The normalized spacial score (nSPS) is 31.8. The van der Waals surface area contributed by atoms with E-state index in [1.165, 1.54) is 0 Å². The number of nitrogens with zero attached hydrogens (tertiary/aromatic N) is 1. The number of cyclic esters (lactones) is 1. The van der Waals surface area contributed by atoms with E-state index in [1.807, 2.05) is 0 Å². The van der Waals surface area contributed by atoms with Crippen molar-refractivity contribution in [3.05, 3.63) is 0 Å². The van der Waals surface area contributed by atoms with Gasteiger partial charge in [0.15, 0.2) is 0 Å². The lowest BCUT2D eigenvalue weighted by Gasteiger charge is -2.43. The lowest BCUT2D eigenvalue weighted by Crippen LogP contribution is -2.70. The summed E-state index contributed by atoms with van der Waals surface area (Å²) in [5.41, 5.74) is 0. The molecular formula is C15H29N3O7S. The number of amides is 1. The first-order chi connectivity index (χ1) is 12.3. The second kappa shape index (κ2) is 9.29. The summed E-state index contributed by atoms with van der Waals surface area (Å²) >= 11 is 0. The van der Waals surface area contributed by atoms with E-state index in [9.17, 15) is 28.5 Å². The number of ether oxygens (including phenoxy) is 1. The molecule has 2 heterocycles. The van der Waals surface area contributed by atoms with Gasteiger partial charge in [-0.2, -0.15) is 13.1 Å². The van der Waals surface area contributed by atoms with Crippen molar-refractivity contribution in [3.8, 4) is 0 Å². The largest absolute Gasteiger partial charge is 0.447 e. The van der Waals surface area contributed by atoms with Crippen molar-refractivity contribution in [1.29, 1.82) is 0 Å². The first kappa shape index (κ1) is 21.3. The predicted molar refractivity (Wildman–Crippen MR) is 92.2 cm³/mol. The molecule has 26 heavy (non-hydrogen) atoms. The zero-order chi connectivity index (χ0) is 19.3. The molecule has 11 heteroatoms. The Morgan fingerprint density at radius 3 is 2.42 bits per heavy atom.